The molecule has 7 heteroatoms. The topological polar surface area (TPSA) is 87.3 Å². The average Bonchev–Trinajstić information content (AvgIpc) is 3.66. The van der Waals surface area contributed by atoms with Crippen LogP contribution in [0, 0.1) is 12.3 Å². The summed E-state index contributed by atoms with van der Waals surface area (Å²) in [4.78, 5) is 12.2. The Morgan fingerprint density at radius 1 is 1.00 bits per heavy atom. The first-order valence-corrected chi connectivity index (χ1v) is 14.7. The van der Waals surface area contributed by atoms with Crippen LogP contribution in [0.1, 0.15) is 105 Å². The van der Waals surface area contributed by atoms with Crippen LogP contribution < -0.4 is 0 Å². The van der Waals surface area contributed by atoms with E-state index in [2.05, 4.69) is 67.7 Å². The van der Waals surface area contributed by atoms with Crippen LogP contribution in [-0.4, -0.2) is 61.1 Å². The van der Waals surface area contributed by atoms with E-state index in [0.29, 0.717) is 23.7 Å². The average molecular weight is 530 g/mol. The van der Waals surface area contributed by atoms with Gasteiger partial charge in [-0.15, -0.1) is 0 Å². The molecule has 0 bridgehead atoms. The lowest BCUT2D eigenvalue weighted by atomic mass is 9.62. The lowest BCUT2D eigenvalue weighted by Gasteiger charge is -2.56. The van der Waals surface area contributed by atoms with Gasteiger partial charge >= 0.3 is 0 Å². The third-order valence-corrected chi connectivity index (χ3v) is 9.46. The van der Waals surface area contributed by atoms with Crippen molar-refractivity contribution in [2.75, 3.05) is 20.1 Å². The lowest BCUT2D eigenvalue weighted by molar-refractivity contribution is -0.127. The number of pyridine rings is 1. The first kappa shape index (κ1) is 26.6. The van der Waals surface area contributed by atoms with E-state index in [-0.39, 0.29) is 11.5 Å². The molecule has 208 valence electrons. The zero-order valence-electron chi connectivity index (χ0n) is 24.1. The molecule has 0 spiro atoms. The highest BCUT2D eigenvalue weighted by Crippen LogP contribution is 2.51. The molecule has 3 aromatic rings. The number of nitrogens with zero attached hydrogens (tertiary/aromatic N) is 5. The van der Waals surface area contributed by atoms with Crippen molar-refractivity contribution in [3.63, 3.8) is 0 Å². The van der Waals surface area contributed by atoms with Crippen LogP contribution >= 0.6 is 0 Å². The van der Waals surface area contributed by atoms with Crippen molar-refractivity contribution < 1.29 is 10.2 Å². The Labute approximate surface area is 232 Å². The number of benzene rings is 1. The molecule has 2 saturated carbocycles. The zero-order valence-corrected chi connectivity index (χ0v) is 24.1. The largest absolute Gasteiger partial charge is 0.393 e. The fourth-order valence-electron chi connectivity index (χ4n) is 6.95. The minimum absolute atomic E-state index is 0.194. The second kappa shape index (κ2) is 9.79. The maximum Gasteiger partial charge on any atom is 0.183 e. The summed E-state index contributed by atoms with van der Waals surface area (Å²) in [6.45, 7) is 10.2. The van der Waals surface area contributed by atoms with Gasteiger partial charge in [0.15, 0.2) is 5.82 Å². The van der Waals surface area contributed by atoms with E-state index in [0.717, 1.165) is 79.8 Å². The summed E-state index contributed by atoms with van der Waals surface area (Å²) in [6.07, 6.45) is 7.47. The van der Waals surface area contributed by atoms with Gasteiger partial charge in [-0.1, -0.05) is 45.0 Å². The van der Waals surface area contributed by atoms with Gasteiger partial charge < -0.3 is 15.1 Å². The third-order valence-electron chi connectivity index (χ3n) is 9.46. The normalized spacial score (nSPS) is 24.9. The van der Waals surface area contributed by atoms with Crippen LogP contribution in [0.15, 0.2) is 36.5 Å². The van der Waals surface area contributed by atoms with Crippen molar-refractivity contribution in [3.05, 3.63) is 64.7 Å². The standard InChI is InChI=1S/C32H43N5O2/c1-20(2)22-6-10-24(11-7-22)32(39,31(4)18-36(5)19-31)25-16-28(21(3)33-17-25)29-34-30(37(35-29)26-12-13-26)23-8-14-27(38)15-9-23/h6-7,10-11,16-17,20,23,26-27,38-39H,8-9,12-15,18-19H2,1-5H3/t23-,27-,32?. The number of rotatable bonds is 7. The molecule has 1 aromatic carbocycles. The smallest absolute Gasteiger partial charge is 0.183 e. The first-order chi connectivity index (χ1) is 18.6. The van der Waals surface area contributed by atoms with Crippen LogP contribution in [-0.2, 0) is 5.60 Å². The molecule has 1 atom stereocenters. The van der Waals surface area contributed by atoms with Crippen molar-refractivity contribution in [3.8, 4) is 11.4 Å². The first-order valence-electron chi connectivity index (χ1n) is 14.7. The molecule has 6 rings (SSSR count). The molecular formula is C32H43N5O2. The number of aryl methyl sites for hydroxylation is 1. The summed E-state index contributed by atoms with van der Waals surface area (Å²) in [5.41, 5.74) is 3.15. The molecule has 3 aliphatic rings. The summed E-state index contributed by atoms with van der Waals surface area (Å²) >= 11 is 0. The van der Waals surface area contributed by atoms with Gasteiger partial charge in [-0.05, 0) is 75.6 Å². The second-order valence-corrected chi connectivity index (χ2v) is 13.1. The molecule has 1 aliphatic heterocycles. The predicted molar refractivity (Wildman–Crippen MR) is 153 cm³/mol. The van der Waals surface area contributed by atoms with Crippen molar-refractivity contribution in [2.24, 2.45) is 5.41 Å². The van der Waals surface area contributed by atoms with E-state index in [1.807, 2.05) is 13.1 Å². The maximum absolute atomic E-state index is 12.7. The Bertz CT molecular complexity index is 1330. The van der Waals surface area contributed by atoms with Crippen molar-refractivity contribution >= 4 is 0 Å². The van der Waals surface area contributed by atoms with Crippen LogP contribution in [0.5, 0.6) is 0 Å². The third kappa shape index (κ3) is 4.62. The van der Waals surface area contributed by atoms with Crippen LogP contribution in [0.3, 0.4) is 0 Å². The molecule has 3 heterocycles. The van der Waals surface area contributed by atoms with E-state index in [1.165, 1.54) is 5.56 Å². The highest BCUT2D eigenvalue weighted by atomic mass is 16.3. The van der Waals surface area contributed by atoms with Gasteiger partial charge in [0.25, 0.3) is 0 Å². The molecule has 3 fully saturated rings. The Hall–Kier alpha value is -2.61. The summed E-state index contributed by atoms with van der Waals surface area (Å²) in [5, 5.41) is 27.8. The fourth-order valence-corrected chi connectivity index (χ4v) is 6.95. The molecule has 0 amide bonds. The molecule has 7 nitrogen and oxygen atoms in total. The number of likely N-dealkylation sites (tertiary alicyclic amines) is 1. The Kier molecular flexibility index (Phi) is 6.68. The molecule has 1 unspecified atom stereocenters. The van der Waals surface area contributed by atoms with Crippen LogP contribution in [0.2, 0.25) is 0 Å². The maximum atomic E-state index is 12.7. The van der Waals surface area contributed by atoms with E-state index in [4.69, 9.17) is 15.1 Å². The quantitative estimate of drug-likeness (QED) is 0.431. The van der Waals surface area contributed by atoms with Gasteiger partial charge in [0.1, 0.15) is 11.4 Å². The van der Waals surface area contributed by atoms with Gasteiger partial charge in [-0.3, -0.25) is 4.98 Å². The van der Waals surface area contributed by atoms with E-state index >= 15 is 0 Å². The van der Waals surface area contributed by atoms with E-state index in [1.54, 1.807) is 0 Å². The highest BCUT2D eigenvalue weighted by molar-refractivity contribution is 5.60. The number of hydrogen-bond donors (Lipinski definition) is 2. The molecular weight excluding hydrogens is 486 g/mol. The monoisotopic (exact) mass is 529 g/mol. The summed E-state index contributed by atoms with van der Waals surface area (Å²) in [5.74, 6) is 2.51. The zero-order chi connectivity index (χ0) is 27.5. The summed E-state index contributed by atoms with van der Waals surface area (Å²) < 4.78 is 2.16. The number of aliphatic hydroxyl groups excluding tert-OH is 1. The summed E-state index contributed by atoms with van der Waals surface area (Å²) in [7, 11) is 2.10. The Balaban J connectivity index is 1.43. The van der Waals surface area contributed by atoms with E-state index < -0.39 is 5.60 Å². The number of aliphatic hydroxyl groups is 2. The molecule has 2 N–H and O–H groups in total. The molecule has 1 saturated heterocycles. The van der Waals surface area contributed by atoms with Crippen molar-refractivity contribution in [2.45, 2.75) is 95.8 Å². The van der Waals surface area contributed by atoms with Crippen molar-refractivity contribution in [1.29, 1.82) is 0 Å². The fraction of sp³-hybridized carbons (Fsp3) is 0.594. The molecule has 0 radical (unpaired) electrons. The second-order valence-electron chi connectivity index (χ2n) is 13.1. The highest BCUT2D eigenvalue weighted by Gasteiger charge is 2.55. The van der Waals surface area contributed by atoms with Gasteiger partial charge in [0, 0.05) is 47.4 Å². The molecule has 2 aliphatic carbocycles. The van der Waals surface area contributed by atoms with Crippen LogP contribution in [0.25, 0.3) is 11.4 Å². The minimum atomic E-state index is -1.20. The molecule has 2 aromatic heterocycles. The minimum Gasteiger partial charge on any atom is -0.393 e. The Morgan fingerprint density at radius 3 is 2.26 bits per heavy atom. The van der Waals surface area contributed by atoms with Gasteiger partial charge in [0.05, 0.1) is 12.1 Å². The SMILES string of the molecule is Cc1ncc(C(O)(c2ccc(C(C)C)cc2)C2(C)CN(C)C2)cc1-c1nc([C@H]2CC[C@H](O)CC2)n(C2CC2)n1. The Morgan fingerprint density at radius 2 is 1.67 bits per heavy atom. The lowest BCUT2D eigenvalue weighted by Crippen LogP contribution is -2.63. The number of aromatic nitrogens is 4. The van der Waals surface area contributed by atoms with Crippen molar-refractivity contribution in [1.82, 2.24) is 24.6 Å². The van der Waals surface area contributed by atoms with Gasteiger partial charge in [0.2, 0.25) is 0 Å². The van der Waals surface area contributed by atoms with E-state index in [9.17, 15) is 10.2 Å². The predicted octanol–water partition coefficient (Wildman–Crippen LogP) is 5.31. The van der Waals surface area contributed by atoms with Gasteiger partial charge in [-0.25, -0.2) is 9.67 Å². The van der Waals surface area contributed by atoms with Gasteiger partial charge in [-0.2, -0.15) is 5.10 Å². The molecule has 39 heavy (non-hydrogen) atoms. The summed E-state index contributed by atoms with van der Waals surface area (Å²) in [6, 6.07) is 11.0. The number of hydrogen-bond acceptors (Lipinski definition) is 6. The van der Waals surface area contributed by atoms with Crippen LogP contribution in [0.4, 0.5) is 0 Å².